The molecule has 0 spiro atoms. The van der Waals surface area contributed by atoms with Gasteiger partial charge in [-0.05, 0) is 24.3 Å². The van der Waals surface area contributed by atoms with Gasteiger partial charge in [-0.15, -0.1) is 5.11 Å². The number of carbonyl (C=O) groups excluding carboxylic acids is 2. The van der Waals surface area contributed by atoms with E-state index in [1.165, 1.54) is 14.2 Å². The first-order valence-electron chi connectivity index (χ1n) is 9.29. The van der Waals surface area contributed by atoms with E-state index in [0.717, 1.165) is 17.8 Å². The number of nitro groups is 1. The first-order chi connectivity index (χ1) is 15.2. The molecule has 0 aromatic heterocycles. The van der Waals surface area contributed by atoms with Crippen molar-refractivity contribution in [2.75, 3.05) is 32.2 Å². The van der Waals surface area contributed by atoms with Crippen LogP contribution in [0.4, 0.5) is 22.7 Å². The van der Waals surface area contributed by atoms with E-state index in [1.54, 1.807) is 24.3 Å². The maximum Gasteiger partial charge on any atom is 0.307 e. The molecule has 2 aromatic rings. The van der Waals surface area contributed by atoms with Crippen LogP contribution in [0, 0.1) is 10.1 Å². The Morgan fingerprint density at radius 3 is 1.91 bits per heavy atom. The Morgan fingerprint density at radius 1 is 0.969 bits per heavy atom. The maximum absolute atomic E-state index is 11.5. The average molecular weight is 483 g/mol. The van der Waals surface area contributed by atoms with Crippen molar-refractivity contribution in [2.24, 2.45) is 10.2 Å². The van der Waals surface area contributed by atoms with Crippen molar-refractivity contribution >= 4 is 57.9 Å². The molecule has 170 valence electrons. The number of benzene rings is 2. The number of nitro benzene ring substituents is 1. The van der Waals surface area contributed by atoms with Gasteiger partial charge in [0.05, 0.1) is 47.7 Å². The summed E-state index contributed by atoms with van der Waals surface area (Å²) in [5.41, 5.74) is 1.09. The average Bonchev–Trinajstić information content (AvgIpc) is 2.78. The van der Waals surface area contributed by atoms with Crippen LogP contribution in [0.1, 0.15) is 12.8 Å². The molecule has 0 heterocycles. The number of hydrogen-bond donors (Lipinski definition) is 0. The summed E-state index contributed by atoms with van der Waals surface area (Å²) in [5, 5.41) is 18.9. The molecular formula is C20H20Cl2N4O6. The lowest BCUT2D eigenvalue weighted by Gasteiger charge is -2.24. The molecule has 12 heteroatoms. The SMILES string of the molecule is COC(=O)CCN(CCC(=O)OC)c1ccc(/N=N/c2c(Cl)cc([N+](=O)[O-])cc2Cl)cc1. The summed E-state index contributed by atoms with van der Waals surface area (Å²) in [6.07, 6.45) is 0.298. The fourth-order valence-electron chi connectivity index (χ4n) is 2.62. The molecule has 0 atom stereocenters. The smallest absolute Gasteiger partial charge is 0.307 e. The number of azo groups is 1. The monoisotopic (exact) mass is 482 g/mol. The van der Waals surface area contributed by atoms with Crippen LogP contribution in [0.5, 0.6) is 0 Å². The third kappa shape index (κ3) is 7.17. The van der Waals surface area contributed by atoms with Crippen LogP contribution in [-0.2, 0) is 19.1 Å². The highest BCUT2D eigenvalue weighted by Gasteiger charge is 2.15. The number of ether oxygens (including phenoxy) is 2. The molecule has 0 radical (unpaired) electrons. The van der Waals surface area contributed by atoms with E-state index in [9.17, 15) is 19.7 Å². The van der Waals surface area contributed by atoms with Crippen LogP contribution in [0.25, 0.3) is 0 Å². The van der Waals surface area contributed by atoms with Crippen LogP contribution in [0.2, 0.25) is 10.0 Å². The summed E-state index contributed by atoms with van der Waals surface area (Å²) < 4.78 is 9.35. The standard InChI is InChI=1S/C20H20Cl2N4O6/c1-31-18(27)7-9-25(10-8-19(28)32-2)14-5-3-13(4-6-14)23-24-20-16(21)11-15(26(29)30)12-17(20)22/h3-6,11-12H,7-10H2,1-2H3/b24-23+. The second kappa shape index (κ2) is 12.0. The number of rotatable bonds is 10. The van der Waals surface area contributed by atoms with Gasteiger partial charge in [-0.2, -0.15) is 5.11 Å². The summed E-state index contributed by atoms with van der Waals surface area (Å²) >= 11 is 12.1. The van der Waals surface area contributed by atoms with Gasteiger partial charge in [0, 0.05) is 30.9 Å². The molecule has 2 rings (SSSR count). The van der Waals surface area contributed by atoms with Crippen LogP contribution in [-0.4, -0.2) is 44.2 Å². The lowest BCUT2D eigenvalue weighted by Crippen LogP contribution is -2.29. The Kier molecular flexibility index (Phi) is 9.36. The number of hydrogen-bond acceptors (Lipinski definition) is 9. The predicted octanol–water partition coefficient (Wildman–Crippen LogP) is 5.25. The van der Waals surface area contributed by atoms with Crippen molar-refractivity contribution in [3.63, 3.8) is 0 Å². The van der Waals surface area contributed by atoms with Gasteiger partial charge in [0.2, 0.25) is 0 Å². The zero-order valence-corrected chi connectivity index (χ0v) is 18.8. The molecule has 10 nitrogen and oxygen atoms in total. The van der Waals surface area contributed by atoms with E-state index in [4.69, 9.17) is 23.2 Å². The Hall–Kier alpha value is -3.24. The Bertz CT molecular complexity index is 971. The number of esters is 2. The van der Waals surface area contributed by atoms with Gasteiger partial charge >= 0.3 is 11.9 Å². The van der Waals surface area contributed by atoms with E-state index in [1.807, 2.05) is 4.90 Å². The van der Waals surface area contributed by atoms with Crippen molar-refractivity contribution in [3.05, 3.63) is 56.6 Å². The molecule has 0 unspecified atom stereocenters. The molecule has 0 saturated heterocycles. The van der Waals surface area contributed by atoms with Crippen LogP contribution in [0.3, 0.4) is 0 Å². The Labute approximate surface area is 193 Å². The third-order valence-corrected chi connectivity index (χ3v) is 4.90. The lowest BCUT2D eigenvalue weighted by atomic mass is 10.2. The summed E-state index contributed by atoms with van der Waals surface area (Å²) in [5.74, 6) is -0.731. The third-order valence-electron chi connectivity index (χ3n) is 4.32. The van der Waals surface area contributed by atoms with E-state index in [-0.39, 0.29) is 46.2 Å². The molecule has 0 fully saturated rings. The van der Waals surface area contributed by atoms with Crippen molar-refractivity contribution in [1.82, 2.24) is 0 Å². The Morgan fingerprint density at radius 2 is 1.47 bits per heavy atom. The fraction of sp³-hybridized carbons (Fsp3) is 0.300. The van der Waals surface area contributed by atoms with E-state index in [0.29, 0.717) is 18.8 Å². The molecule has 0 N–H and O–H groups in total. The summed E-state index contributed by atoms with van der Waals surface area (Å²) in [4.78, 5) is 35.1. The van der Waals surface area contributed by atoms with Gasteiger partial charge in [0.1, 0.15) is 5.69 Å². The van der Waals surface area contributed by atoms with Gasteiger partial charge in [-0.1, -0.05) is 23.2 Å². The molecule has 0 aliphatic heterocycles. The minimum atomic E-state index is -0.608. The van der Waals surface area contributed by atoms with Crippen LogP contribution < -0.4 is 4.90 Å². The van der Waals surface area contributed by atoms with E-state index < -0.39 is 4.92 Å². The fourth-order valence-corrected chi connectivity index (χ4v) is 3.17. The quantitative estimate of drug-likeness (QED) is 0.196. The molecule has 0 aliphatic carbocycles. The minimum Gasteiger partial charge on any atom is -0.469 e. The first-order valence-corrected chi connectivity index (χ1v) is 10.0. The molecule has 0 aliphatic rings. The van der Waals surface area contributed by atoms with Gasteiger partial charge in [0.15, 0.2) is 0 Å². The van der Waals surface area contributed by atoms with Gasteiger partial charge in [0.25, 0.3) is 5.69 Å². The normalized spacial score (nSPS) is 10.8. The van der Waals surface area contributed by atoms with Crippen molar-refractivity contribution in [3.8, 4) is 0 Å². The first kappa shape index (κ1) is 25.0. The number of anilines is 1. The topological polar surface area (TPSA) is 124 Å². The number of carbonyl (C=O) groups is 2. The number of halogens is 2. The number of nitrogens with zero attached hydrogens (tertiary/aromatic N) is 4. The molecule has 2 aromatic carbocycles. The van der Waals surface area contributed by atoms with Crippen molar-refractivity contribution in [2.45, 2.75) is 12.8 Å². The highest BCUT2D eigenvalue weighted by Crippen LogP contribution is 2.37. The summed E-state index contributed by atoms with van der Waals surface area (Å²) in [6.45, 7) is 0.692. The second-order valence-corrected chi connectivity index (χ2v) is 7.19. The molecule has 0 amide bonds. The zero-order valence-electron chi connectivity index (χ0n) is 17.3. The largest absolute Gasteiger partial charge is 0.469 e. The highest BCUT2D eigenvalue weighted by molar-refractivity contribution is 6.39. The van der Waals surface area contributed by atoms with Gasteiger partial charge < -0.3 is 14.4 Å². The summed E-state index contributed by atoms with van der Waals surface area (Å²) in [6, 6.07) is 9.14. The van der Waals surface area contributed by atoms with Gasteiger partial charge in [-0.25, -0.2) is 0 Å². The zero-order chi connectivity index (χ0) is 23.7. The Balaban J connectivity index is 2.17. The molecular weight excluding hydrogens is 463 g/mol. The van der Waals surface area contributed by atoms with Gasteiger partial charge in [-0.3, -0.25) is 19.7 Å². The van der Waals surface area contributed by atoms with Crippen LogP contribution >= 0.6 is 23.2 Å². The number of non-ortho nitro benzene ring substituents is 1. The number of methoxy groups -OCH3 is 2. The van der Waals surface area contributed by atoms with Crippen molar-refractivity contribution < 1.29 is 24.0 Å². The predicted molar refractivity (Wildman–Crippen MR) is 119 cm³/mol. The van der Waals surface area contributed by atoms with Crippen molar-refractivity contribution in [1.29, 1.82) is 0 Å². The minimum absolute atomic E-state index is 0.00126. The highest BCUT2D eigenvalue weighted by atomic mass is 35.5. The molecule has 32 heavy (non-hydrogen) atoms. The second-order valence-electron chi connectivity index (χ2n) is 6.37. The van der Waals surface area contributed by atoms with E-state index >= 15 is 0 Å². The maximum atomic E-state index is 11.5. The molecule has 0 bridgehead atoms. The van der Waals surface area contributed by atoms with Crippen LogP contribution in [0.15, 0.2) is 46.6 Å². The lowest BCUT2D eigenvalue weighted by molar-refractivity contribution is -0.384. The van der Waals surface area contributed by atoms with E-state index in [2.05, 4.69) is 19.7 Å². The molecule has 0 saturated carbocycles. The summed E-state index contributed by atoms with van der Waals surface area (Å²) in [7, 11) is 2.62.